The number of nitrogens with zero attached hydrogens (tertiary/aromatic N) is 1. The van der Waals surface area contributed by atoms with Gasteiger partial charge in [0, 0.05) is 11.6 Å². The van der Waals surface area contributed by atoms with Crippen LogP contribution in [0.1, 0.15) is 35.2 Å². The summed E-state index contributed by atoms with van der Waals surface area (Å²) in [4.78, 5) is 38.0. The van der Waals surface area contributed by atoms with Crippen molar-refractivity contribution < 1.29 is 50.9 Å². The topological polar surface area (TPSA) is 142 Å². The Morgan fingerprint density at radius 2 is 1.81 bits per heavy atom. The van der Waals surface area contributed by atoms with E-state index in [0.29, 0.717) is 12.1 Å². The smallest absolute Gasteiger partial charge is 0.306 e. The number of halogens is 5. The van der Waals surface area contributed by atoms with Gasteiger partial charge in [-0.25, -0.2) is 22.5 Å². The highest BCUT2D eigenvalue weighted by Gasteiger charge is 2.28. The number of primary amides is 1. The third-order valence-electron chi connectivity index (χ3n) is 4.57. The number of ether oxygens (including phenoxy) is 2. The van der Waals surface area contributed by atoms with E-state index in [9.17, 15) is 31.9 Å². The number of aromatic nitrogens is 1. The molecule has 2 aromatic carbocycles. The van der Waals surface area contributed by atoms with Crippen molar-refractivity contribution in [3.05, 3.63) is 69.7 Å². The molecule has 0 aliphatic carbocycles. The van der Waals surface area contributed by atoms with Gasteiger partial charge in [-0.15, -0.1) is 0 Å². The molecule has 0 saturated heterocycles. The van der Waals surface area contributed by atoms with E-state index in [2.05, 4.69) is 20.9 Å². The van der Waals surface area contributed by atoms with Gasteiger partial charge in [0.15, 0.2) is 16.2 Å². The minimum absolute atomic E-state index is 0.147. The quantitative estimate of drug-likeness (QED) is 0.270. The van der Waals surface area contributed by atoms with Gasteiger partial charge in [0.1, 0.15) is 35.3 Å². The number of carbonyl (C=O) groups is 3. The zero-order chi connectivity index (χ0) is 26.6. The Balaban J connectivity index is 1.97. The Kier molecular flexibility index (Phi) is 8.29. The fourth-order valence-electron chi connectivity index (χ4n) is 2.91. The van der Waals surface area contributed by atoms with Gasteiger partial charge in [0.25, 0.3) is 5.91 Å². The van der Waals surface area contributed by atoms with E-state index in [1.54, 1.807) is 0 Å². The molecule has 3 rings (SSSR count). The van der Waals surface area contributed by atoms with Crippen molar-refractivity contribution in [3.63, 3.8) is 0 Å². The van der Waals surface area contributed by atoms with E-state index in [1.807, 2.05) is 0 Å². The second kappa shape index (κ2) is 11.2. The number of carboxylic acid groups (broad SMARTS) is 1. The van der Waals surface area contributed by atoms with Crippen LogP contribution in [0.3, 0.4) is 0 Å². The molecule has 0 fully saturated rings. The summed E-state index contributed by atoms with van der Waals surface area (Å²) < 4.78 is 71.8. The van der Waals surface area contributed by atoms with E-state index in [0.717, 1.165) is 18.2 Å². The van der Waals surface area contributed by atoms with Crippen molar-refractivity contribution in [3.8, 4) is 17.0 Å². The molecule has 1 amide bonds. The average molecular weight is 575 g/mol. The first-order valence-corrected chi connectivity index (χ1v) is 10.7. The van der Waals surface area contributed by atoms with Gasteiger partial charge in [-0.1, -0.05) is 0 Å². The van der Waals surface area contributed by atoms with Crippen LogP contribution in [0, 0.1) is 23.3 Å². The molecule has 1 atom stereocenters. The number of benzene rings is 2. The predicted octanol–water partition coefficient (Wildman–Crippen LogP) is 4.29. The van der Waals surface area contributed by atoms with Crippen LogP contribution in [0.5, 0.6) is 5.75 Å². The molecule has 190 valence electrons. The van der Waals surface area contributed by atoms with E-state index in [1.165, 1.54) is 0 Å². The Morgan fingerprint density at radius 3 is 2.44 bits per heavy atom. The highest BCUT2D eigenvalue weighted by Crippen LogP contribution is 2.35. The summed E-state index contributed by atoms with van der Waals surface area (Å²) in [5.41, 5.74) is 3.58. The van der Waals surface area contributed by atoms with Gasteiger partial charge in [-0.05, 0) is 40.2 Å². The molecule has 14 heteroatoms. The number of nitrogens with two attached hydrogens (primary N) is 1. The second-order valence-corrected chi connectivity index (χ2v) is 7.80. The van der Waals surface area contributed by atoms with Gasteiger partial charge in [-0.2, -0.15) is 0 Å². The standard InChI is InChI=1S/C22H15BrF4N2O7/c23-20-19(10-2-1-9(24)7-12(10)26)29-22(36-20)14(8-34-16(32)6-5-15(30)31)35-13-4-3-11(25)17(18(13)27)21(28)33/h1-4,7,14H,5-6,8H2,(H2,28,33)(H,30,31). The lowest BCUT2D eigenvalue weighted by Gasteiger charge is -2.17. The number of amides is 1. The minimum atomic E-state index is -1.55. The fourth-order valence-corrected chi connectivity index (χ4v) is 3.38. The average Bonchev–Trinajstić information content (AvgIpc) is 3.17. The molecule has 0 saturated carbocycles. The number of hydrogen-bond donors (Lipinski definition) is 2. The Bertz CT molecular complexity index is 1330. The van der Waals surface area contributed by atoms with Crippen molar-refractivity contribution >= 4 is 33.8 Å². The molecule has 0 aliphatic rings. The molecule has 9 nitrogen and oxygen atoms in total. The summed E-state index contributed by atoms with van der Waals surface area (Å²) in [6.07, 6.45) is -2.58. The molecule has 3 N–H and O–H groups in total. The van der Waals surface area contributed by atoms with E-state index < -0.39 is 83.9 Å². The number of aliphatic carboxylic acids is 1. The number of oxazole rings is 1. The predicted molar refractivity (Wildman–Crippen MR) is 116 cm³/mol. The molecule has 0 aliphatic heterocycles. The van der Waals surface area contributed by atoms with Crippen LogP contribution >= 0.6 is 15.9 Å². The number of carbonyl (C=O) groups excluding carboxylic acids is 2. The maximum Gasteiger partial charge on any atom is 0.306 e. The van der Waals surface area contributed by atoms with Crippen LogP contribution in [0.15, 0.2) is 39.4 Å². The van der Waals surface area contributed by atoms with E-state index >= 15 is 0 Å². The monoisotopic (exact) mass is 574 g/mol. The van der Waals surface area contributed by atoms with Crippen molar-refractivity contribution in [2.45, 2.75) is 18.9 Å². The highest BCUT2D eigenvalue weighted by atomic mass is 79.9. The maximum absolute atomic E-state index is 14.7. The third kappa shape index (κ3) is 6.19. The summed E-state index contributed by atoms with van der Waals surface area (Å²) >= 11 is 3.03. The highest BCUT2D eigenvalue weighted by molar-refractivity contribution is 9.10. The van der Waals surface area contributed by atoms with Crippen LogP contribution in [0.25, 0.3) is 11.3 Å². The molecule has 0 spiro atoms. The summed E-state index contributed by atoms with van der Waals surface area (Å²) in [5, 5.41) is 8.69. The van der Waals surface area contributed by atoms with Crippen LogP contribution < -0.4 is 10.5 Å². The number of hydrogen-bond acceptors (Lipinski definition) is 7. The molecule has 0 radical (unpaired) electrons. The van der Waals surface area contributed by atoms with Crippen LogP contribution in [-0.2, 0) is 14.3 Å². The van der Waals surface area contributed by atoms with E-state index in [-0.39, 0.29) is 15.9 Å². The van der Waals surface area contributed by atoms with Crippen LogP contribution in [0.2, 0.25) is 0 Å². The normalized spacial score (nSPS) is 11.7. The lowest BCUT2D eigenvalue weighted by Crippen LogP contribution is -2.21. The van der Waals surface area contributed by atoms with Gasteiger partial charge in [0.2, 0.25) is 12.0 Å². The number of rotatable bonds is 10. The van der Waals surface area contributed by atoms with Crippen molar-refractivity contribution in [1.82, 2.24) is 4.98 Å². The first-order valence-electron chi connectivity index (χ1n) is 9.91. The molecule has 0 bridgehead atoms. The van der Waals surface area contributed by atoms with Gasteiger partial charge < -0.3 is 24.7 Å². The molecular formula is C22H15BrF4N2O7. The third-order valence-corrected chi connectivity index (χ3v) is 5.11. The van der Waals surface area contributed by atoms with Crippen molar-refractivity contribution in [1.29, 1.82) is 0 Å². The lowest BCUT2D eigenvalue weighted by molar-refractivity contribution is -0.149. The minimum Gasteiger partial charge on any atom is -0.481 e. The maximum atomic E-state index is 14.7. The zero-order valence-electron chi connectivity index (χ0n) is 17.9. The molecule has 1 aromatic heterocycles. The molecular weight excluding hydrogens is 560 g/mol. The van der Waals surface area contributed by atoms with Crippen molar-refractivity contribution in [2.24, 2.45) is 5.73 Å². The van der Waals surface area contributed by atoms with Gasteiger partial charge >= 0.3 is 11.9 Å². The van der Waals surface area contributed by atoms with Crippen LogP contribution in [-0.4, -0.2) is 34.5 Å². The Hall–Kier alpha value is -3.94. The molecule has 1 heterocycles. The molecule has 3 aromatic rings. The Labute approximate surface area is 207 Å². The molecule has 36 heavy (non-hydrogen) atoms. The largest absolute Gasteiger partial charge is 0.481 e. The zero-order valence-corrected chi connectivity index (χ0v) is 19.5. The first-order chi connectivity index (χ1) is 17.0. The van der Waals surface area contributed by atoms with Crippen LogP contribution in [0.4, 0.5) is 17.6 Å². The summed E-state index contributed by atoms with van der Waals surface area (Å²) in [7, 11) is 0. The number of carboxylic acids is 1. The first kappa shape index (κ1) is 26.7. The summed E-state index contributed by atoms with van der Waals surface area (Å²) in [6.45, 7) is -0.709. The second-order valence-electron chi connectivity index (χ2n) is 7.08. The lowest BCUT2D eigenvalue weighted by atomic mass is 10.1. The van der Waals surface area contributed by atoms with Crippen molar-refractivity contribution in [2.75, 3.05) is 6.61 Å². The van der Waals surface area contributed by atoms with Gasteiger partial charge in [0.05, 0.1) is 12.8 Å². The van der Waals surface area contributed by atoms with Gasteiger partial charge in [-0.3, -0.25) is 14.4 Å². The fraction of sp³-hybridized carbons (Fsp3) is 0.182. The van der Waals surface area contributed by atoms with E-state index in [4.69, 9.17) is 24.7 Å². The Morgan fingerprint density at radius 1 is 1.08 bits per heavy atom. The number of esters is 1. The summed E-state index contributed by atoms with van der Waals surface area (Å²) in [5.74, 6) is -9.26. The summed E-state index contributed by atoms with van der Waals surface area (Å²) in [6, 6.07) is 4.19. The SMILES string of the molecule is NC(=O)c1c(F)ccc(OC(COC(=O)CCC(=O)O)c2nc(-c3ccc(F)cc3F)c(Br)o2)c1F. The molecule has 1 unspecified atom stereocenters.